The maximum absolute atomic E-state index is 8.39. The highest BCUT2D eigenvalue weighted by Gasteiger charge is 2.08. The summed E-state index contributed by atoms with van der Waals surface area (Å²) in [5, 5.41) is 11.4. The van der Waals surface area contributed by atoms with E-state index in [1.54, 1.807) is 6.21 Å². The van der Waals surface area contributed by atoms with E-state index in [4.69, 9.17) is 5.21 Å². The third-order valence-electron chi connectivity index (χ3n) is 2.42. The van der Waals surface area contributed by atoms with Crippen LogP contribution in [0, 0.1) is 5.92 Å². The van der Waals surface area contributed by atoms with E-state index in [9.17, 15) is 0 Å². The Kier molecular flexibility index (Phi) is 4.17. The molecule has 76 valence electrons. The molecular weight excluding hydrogens is 174 g/mol. The van der Waals surface area contributed by atoms with E-state index >= 15 is 0 Å². The molecule has 0 spiro atoms. The molecule has 2 atom stereocenters. The van der Waals surface area contributed by atoms with Crippen LogP contribution in [0.15, 0.2) is 35.5 Å². The van der Waals surface area contributed by atoms with Gasteiger partial charge in [0.2, 0.25) is 0 Å². The normalized spacial score (nSPS) is 15.6. The molecule has 0 heterocycles. The molecule has 1 aromatic carbocycles. The van der Waals surface area contributed by atoms with Crippen LogP contribution in [0.5, 0.6) is 0 Å². The van der Waals surface area contributed by atoms with Crippen molar-refractivity contribution < 1.29 is 5.21 Å². The molecule has 1 aromatic rings. The second-order valence-corrected chi connectivity index (χ2v) is 3.79. The Morgan fingerprint density at radius 1 is 1.29 bits per heavy atom. The smallest absolute Gasteiger partial charge is 0.0464 e. The van der Waals surface area contributed by atoms with Crippen LogP contribution in [0.25, 0.3) is 0 Å². The van der Waals surface area contributed by atoms with Gasteiger partial charge in [-0.1, -0.05) is 44.2 Å². The first kappa shape index (κ1) is 10.8. The van der Waals surface area contributed by atoms with E-state index in [1.807, 2.05) is 6.07 Å². The lowest BCUT2D eigenvalue weighted by Gasteiger charge is -2.13. The minimum Gasteiger partial charge on any atom is -0.411 e. The maximum Gasteiger partial charge on any atom is 0.0464 e. The van der Waals surface area contributed by atoms with Crippen molar-refractivity contribution in [3.05, 3.63) is 35.9 Å². The molecule has 2 unspecified atom stereocenters. The second-order valence-electron chi connectivity index (χ2n) is 3.79. The van der Waals surface area contributed by atoms with Gasteiger partial charge >= 0.3 is 0 Å². The third-order valence-corrected chi connectivity index (χ3v) is 2.42. The zero-order valence-electron chi connectivity index (χ0n) is 8.72. The first-order valence-corrected chi connectivity index (χ1v) is 4.96. The molecule has 0 saturated carbocycles. The monoisotopic (exact) mass is 191 g/mol. The van der Waals surface area contributed by atoms with Crippen LogP contribution >= 0.6 is 0 Å². The van der Waals surface area contributed by atoms with E-state index in [0.29, 0.717) is 11.8 Å². The van der Waals surface area contributed by atoms with Crippen molar-refractivity contribution in [2.75, 3.05) is 0 Å². The summed E-state index contributed by atoms with van der Waals surface area (Å²) in [5.74, 6) is 0.819. The van der Waals surface area contributed by atoms with Crippen LogP contribution in [0.1, 0.15) is 31.7 Å². The summed E-state index contributed by atoms with van der Waals surface area (Å²) in [6, 6.07) is 10.4. The van der Waals surface area contributed by atoms with Gasteiger partial charge in [-0.15, -0.1) is 5.16 Å². The van der Waals surface area contributed by atoms with Gasteiger partial charge in [0.15, 0.2) is 0 Å². The molecule has 0 radical (unpaired) electrons. The molecule has 0 fully saturated rings. The number of oxime groups is 1. The van der Waals surface area contributed by atoms with Crippen LogP contribution in [-0.4, -0.2) is 11.4 Å². The van der Waals surface area contributed by atoms with E-state index in [1.165, 1.54) is 5.56 Å². The average molecular weight is 191 g/mol. The molecule has 0 aliphatic rings. The number of benzene rings is 1. The van der Waals surface area contributed by atoms with Gasteiger partial charge < -0.3 is 5.21 Å². The predicted octanol–water partition coefficient (Wildman–Crippen LogP) is 3.28. The van der Waals surface area contributed by atoms with Gasteiger partial charge in [-0.25, -0.2) is 0 Å². The van der Waals surface area contributed by atoms with Crippen molar-refractivity contribution in [3.63, 3.8) is 0 Å². The van der Waals surface area contributed by atoms with E-state index < -0.39 is 0 Å². The lowest BCUT2D eigenvalue weighted by Crippen LogP contribution is -2.03. The average Bonchev–Trinajstić information content (AvgIpc) is 2.19. The summed E-state index contributed by atoms with van der Waals surface area (Å²) in [4.78, 5) is 0. The highest BCUT2D eigenvalue weighted by atomic mass is 16.4. The summed E-state index contributed by atoms with van der Waals surface area (Å²) in [6.45, 7) is 4.25. The first-order valence-electron chi connectivity index (χ1n) is 4.96. The van der Waals surface area contributed by atoms with Crippen molar-refractivity contribution in [2.45, 2.75) is 26.2 Å². The van der Waals surface area contributed by atoms with E-state index in [-0.39, 0.29) is 0 Å². The van der Waals surface area contributed by atoms with Crippen LogP contribution in [0.4, 0.5) is 0 Å². The summed E-state index contributed by atoms with van der Waals surface area (Å²) in [5.41, 5.74) is 1.34. The Morgan fingerprint density at radius 3 is 2.50 bits per heavy atom. The van der Waals surface area contributed by atoms with E-state index in [2.05, 4.69) is 43.3 Å². The van der Waals surface area contributed by atoms with Gasteiger partial charge in [0.05, 0.1) is 0 Å². The highest BCUT2D eigenvalue weighted by molar-refractivity contribution is 5.59. The molecule has 0 aromatic heterocycles. The topological polar surface area (TPSA) is 32.6 Å². The Labute approximate surface area is 85.3 Å². The van der Waals surface area contributed by atoms with E-state index in [0.717, 1.165) is 6.42 Å². The maximum atomic E-state index is 8.39. The highest BCUT2D eigenvalue weighted by Crippen LogP contribution is 2.21. The Bertz CT molecular complexity index is 282. The lowest BCUT2D eigenvalue weighted by atomic mass is 9.92. The quantitative estimate of drug-likeness (QED) is 0.442. The standard InChI is InChI=1S/C12H17NO/c1-10(9-13-14)8-11(2)12-6-4-3-5-7-12/h3-7,9-11,14H,8H2,1-2H3. The molecular formula is C12H17NO. The summed E-state index contributed by atoms with van der Waals surface area (Å²) in [7, 11) is 0. The van der Waals surface area contributed by atoms with Crippen molar-refractivity contribution in [3.8, 4) is 0 Å². The molecule has 2 heteroatoms. The molecule has 14 heavy (non-hydrogen) atoms. The molecule has 0 bridgehead atoms. The van der Waals surface area contributed by atoms with Gasteiger partial charge in [-0.2, -0.15) is 0 Å². The molecule has 0 aliphatic heterocycles. The van der Waals surface area contributed by atoms with Gasteiger partial charge in [0.1, 0.15) is 0 Å². The number of hydrogen-bond donors (Lipinski definition) is 1. The van der Waals surface area contributed by atoms with Gasteiger partial charge in [0, 0.05) is 6.21 Å². The van der Waals surface area contributed by atoms with Crippen molar-refractivity contribution in [1.82, 2.24) is 0 Å². The summed E-state index contributed by atoms with van der Waals surface area (Å²) in [6.07, 6.45) is 2.59. The molecule has 1 N–H and O–H groups in total. The largest absolute Gasteiger partial charge is 0.411 e. The predicted molar refractivity (Wildman–Crippen MR) is 58.9 cm³/mol. The number of rotatable bonds is 4. The minimum atomic E-state index is 0.315. The van der Waals surface area contributed by atoms with Crippen molar-refractivity contribution in [2.24, 2.45) is 11.1 Å². The fourth-order valence-electron chi connectivity index (χ4n) is 1.65. The molecule has 0 aliphatic carbocycles. The van der Waals surface area contributed by atoms with Crippen molar-refractivity contribution in [1.29, 1.82) is 0 Å². The fraction of sp³-hybridized carbons (Fsp3) is 0.417. The summed E-state index contributed by atoms with van der Waals surface area (Å²) < 4.78 is 0. The fourth-order valence-corrected chi connectivity index (χ4v) is 1.65. The Hall–Kier alpha value is -1.31. The molecule has 1 rings (SSSR count). The van der Waals surface area contributed by atoms with Crippen LogP contribution < -0.4 is 0 Å². The van der Waals surface area contributed by atoms with Gasteiger partial charge in [-0.3, -0.25) is 0 Å². The van der Waals surface area contributed by atoms with Crippen LogP contribution in [-0.2, 0) is 0 Å². The van der Waals surface area contributed by atoms with Crippen LogP contribution in [0.3, 0.4) is 0 Å². The number of hydrogen-bond acceptors (Lipinski definition) is 2. The Balaban J connectivity index is 2.54. The molecule has 0 amide bonds. The first-order chi connectivity index (χ1) is 6.74. The molecule has 0 saturated heterocycles. The Morgan fingerprint density at radius 2 is 1.93 bits per heavy atom. The summed E-state index contributed by atoms with van der Waals surface area (Å²) >= 11 is 0. The van der Waals surface area contributed by atoms with Gasteiger partial charge in [-0.05, 0) is 23.8 Å². The second kappa shape index (κ2) is 5.43. The molecule has 2 nitrogen and oxygen atoms in total. The zero-order chi connectivity index (χ0) is 10.4. The lowest BCUT2D eigenvalue weighted by molar-refractivity contribution is 0.318. The SMILES string of the molecule is CC(C=NO)CC(C)c1ccccc1. The third kappa shape index (κ3) is 3.21. The van der Waals surface area contributed by atoms with Crippen molar-refractivity contribution >= 4 is 6.21 Å². The minimum absolute atomic E-state index is 0.315. The van der Waals surface area contributed by atoms with Crippen LogP contribution in [0.2, 0.25) is 0 Å². The van der Waals surface area contributed by atoms with Gasteiger partial charge in [0.25, 0.3) is 0 Å². The number of nitrogens with zero attached hydrogens (tertiary/aromatic N) is 1. The zero-order valence-corrected chi connectivity index (χ0v) is 8.72.